The summed E-state index contributed by atoms with van der Waals surface area (Å²) in [6.45, 7) is 2.61. The number of nitrogens with zero attached hydrogens (tertiary/aromatic N) is 3. The Bertz CT molecular complexity index is 1360. The minimum atomic E-state index is -0.0385. The van der Waals surface area contributed by atoms with Crippen LogP contribution in [0.1, 0.15) is 63.8 Å². The van der Waals surface area contributed by atoms with Gasteiger partial charge in [0, 0.05) is 51.3 Å². The van der Waals surface area contributed by atoms with E-state index in [9.17, 15) is 4.79 Å². The van der Waals surface area contributed by atoms with Crippen molar-refractivity contribution in [1.29, 1.82) is 0 Å². The summed E-state index contributed by atoms with van der Waals surface area (Å²) in [5.41, 5.74) is 6.21. The lowest BCUT2D eigenvalue weighted by molar-refractivity contribution is 0.0798. The van der Waals surface area contributed by atoms with E-state index in [-0.39, 0.29) is 18.1 Å². The minimum absolute atomic E-state index is 0.0339. The highest BCUT2D eigenvalue weighted by atomic mass is 32.1. The second-order valence-corrected chi connectivity index (χ2v) is 9.82. The number of aromatic nitrogens is 3. The Labute approximate surface area is 190 Å². The summed E-state index contributed by atoms with van der Waals surface area (Å²) >= 11 is 1.82. The number of ether oxygens (including phenoxy) is 1. The van der Waals surface area contributed by atoms with Gasteiger partial charge in [-0.3, -0.25) is 14.5 Å². The lowest BCUT2D eigenvalue weighted by atomic mass is 9.93. The first-order valence-electron chi connectivity index (χ1n) is 11.0. The molecule has 6 nitrogen and oxygen atoms in total. The van der Waals surface area contributed by atoms with Gasteiger partial charge in [-0.05, 0) is 61.6 Å². The third-order valence-electron chi connectivity index (χ3n) is 6.60. The highest BCUT2D eigenvalue weighted by molar-refractivity contribution is 7.15. The van der Waals surface area contributed by atoms with Crippen LogP contribution < -0.4 is 5.32 Å². The van der Waals surface area contributed by atoms with E-state index in [1.165, 1.54) is 15.3 Å². The van der Waals surface area contributed by atoms with Crippen molar-refractivity contribution in [2.75, 3.05) is 0 Å². The molecule has 2 unspecified atom stereocenters. The fourth-order valence-electron chi connectivity index (χ4n) is 4.85. The van der Waals surface area contributed by atoms with Crippen LogP contribution in [0.4, 0.5) is 0 Å². The highest BCUT2D eigenvalue weighted by Crippen LogP contribution is 2.40. The Hall–Kier alpha value is -3.03. The minimum Gasteiger partial charge on any atom is -0.369 e. The predicted molar refractivity (Wildman–Crippen MR) is 125 cm³/mol. The Morgan fingerprint density at radius 1 is 1.25 bits per heavy atom. The van der Waals surface area contributed by atoms with Gasteiger partial charge in [-0.25, -0.2) is 0 Å². The van der Waals surface area contributed by atoms with Crippen molar-refractivity contribution < 1.29 is 9.53 Å². The van der Waals surface area contributed by atoms with E-state index in [1.807, 2.05) is 66.8 Å². The number of pyridine rings is 1. The van der Waals surface area contributed by atoms with Crippen molar-refractivity contribution in [3.05, 3.63) is 70.0 Å². The number of amides is 1. The number of rotatable bonds is 3. The van der Waals surface area contributed by atoms with Crippen LogP contribution in [-0.2, 0) is 24.8 Å². The molecule has 1 amide bonds. The first-order chi connectivity index (χ1) is 15.6. The molecule has 7 heteroatoms. The van der Waals surface area contributed by atoms with Crippen LogP contribution in [0.15, 0.2) is 42.9 Å². The van der Waals surface area contributed by atoms with E-state index < -0.39 is 0 Å². The van der Waals surface area contributed by atoms with Gasteiger partial charge >= 0.3 is 0 Å². The van der Waals surface area contributed by atoms with Crippen LogP contribution in [0.5, 0.6) is 0 Å². The zero-order valence-electron chi connectivity index (χ0n) is 18.1. The SMILES string of the molecule is CC1OCc2c1cnc1ccc(C(=O)NC3CCCc4sc(-c5cnn(C)c5)cc43)cc21. The van der Waals surface area contributed by atoms with Crippen molar-refractivity contribution in [2.24, 2.45) is 7.05 Å². The van der Waals surface area contributed by atoms with Crippen molar-refractivity contribution in [3.8, 4) is 10.4 Å². The van der Waals surface area contributed by atoms with E-state index in [1.54, 1.807) is 0 Å². The molecular formula is C25H24N4O2S. The molecule has 162 valence electrons. The molecule has 2 atom stereocenters. The van der Waals surface area contributed by atoms with Gasteiger partial charge in [0.1, 0.15) is 0 Å². The largest absolute Gasteiger partial charge is 0.369 e. The van der Waals surface area contributed by atoms with Gasteiger partial charge in [0.25, 0.3) is 5.91 Å². The third kappa shape index (κ3) is 3.24. The topological polar surface area (TPSA) is 69.0 Å². The Morgan fingerprint density at radius 3 is 3.00 bits per heavy atom. The lowest BCUT2D eigenvalue weighted by Gasteiger charge is -2.23. The van der Waals surface area contributed by atoms with E-state index in [0.29, 0.717) is 12.2 Å². The van der Waals surface area contributed by atoms with Gasteiger partial charge in [-0.1, -0.05) is 0 Å². The number of thiophene rings is 1. The molecule has 4 aromatic rings. The molecule has 6 rings (SSSR count). The second-order valence-electron chi connectivity index (χ2n) is 8.69. The monoisotopic (exact) mass is 444 g/mol. The maximum absolute atomic E-state index is 13.2. The maximum atomic E-state index is 13.2. The van der Waals surface area contributed by atoms with E-state index in [2.05, 4.69) is 21.5 Å². The van der Waals surface area contributed by atoms with Crippen LogP contribution in [0.2, 0.25) is 0 Å². The number of hydrogen-bond donors (Lipinski definition) is 1. The van der Waals surface area contributed by atoms with Crippen LogP contribution in [0.3, 0.4) is 0 Å². The highest BCUT2D eigenvalue weighted by Gasteiger charge is 2.26. The van der Waals surface area contributed by atoms with Crippen molar-refractivity contribution >= 4 is 28.1 Å². The number of carbonyl (C=O) groups excluding carboxylic acids is 1. The molecule has 1 aromatic carbocycles. The van der Waals surface area contributed by atoms with Gasteiger partial charge in [0.15, 0.2) is 0 Å². The number of benzene rings is 1. The molecule has 0 radical (unpaired) electrons. The Kier molecular flexibility index (Phi) is 4.62. The van der Waals surface area contributed by atoms with Crippen LogP contribution in [0.25, 0.3) is 21.3 Å². The van der Waals surface area contributed by atoms with Gasteiger partial charge in [0.2, 0.25) is 0 Å². The standard InChI is InChI=1S/C25H24N4O2S/c1-14-19-11-26-21-7-6-15(8-17(21)20(19)13-31-14)25(30)28-22-4-3-5-23-18(22)9-24(32-23)16-10-27-29(2)12-16/h6-12,14,22H,3-5,13H2,1-2H3,(H,28,30). The first kappa shape index (κ1) is 19.6. The Morgan fingerprint density at radius 2 is 2.16 bits per heavy atom. The summed E-state index contributed by atoms with van der Waals surface area (Å²) in [6, 6.07) is 8.04. The molecule has 32 heavy (non-hydrogen) atoms. The molecule has 0 saturated carbocycles. The third-order valence-corrected chi connectivity index (χ3v) is 7.86. The van der Waals surface area contributed by atoms with Crippen molar-refractivity contribution in [3.63, 3.8) is 0 Å². The quantitative estimate of drug-likeness (QED) is 0.478. The van der Waals surface area contributed by atoms with Crippen LogP contribution >= 0.6 is 11.3 Å². The van der Waals surface area contributed by atoms with Crippen molar-refractivity contribution in [2.45, 2.75) is 44.9 Å². The summed E-state index contributed by atoms with van der Waals surface area (Å²) in [5.74, 6) is -0.0385. The molecule has 0 fully saturated rings. The molecule has 2 aliphatic rings. The lowest BCUT2D eigenvalue weighted by Crippen LogP contribution is -2.30. The average molecular weight is 445 g/mol. The molecule has 0 bridgehead atoms. The number of fused-ring (bicyclic) bond motifs is 4. The molecule has 4 heterocycles. The van der Waals surface area contributed by atoms with E-state index in [0.717, 1.165) is 46.9 Å². The maximum Gasteiger partial charge on any atom is 0.251 e. The first-order valence-corrected chi connectivity index (χ1v) is 11.8. The van der Waals surface area contributed by atoms with E-state index in [4.69, 9.17) is 4.74 Å². The molecule has 1 N–H and O–H groups in total. The zero-order chi connectivity index (χ0) is 21.8. The summed E-state index contributed by atoms with van der Waals surface area (Å²) in [6.07, 6.45) is 8.99. The van der Waals surface area contributed by atoms with Gasteiger partial charge in [-0.2, -0.15) is 5.10 Å². The van der Waals surface area contributed by atoms with E-state index >= 15 is 0 Å². The number of hydrogen-bond acceptors (Lipinski definition) is 5. The fraction of sp³-hybridized carbons (Fsp3) is 0.320. The normalized spacial score (nSPS) is 19.7. The molecule has 3 aromatic heterocycles. The summed E-state index contributed by atoms with van der Waals surface area (Å²) in [5, 5.41) is 8.61. The number of carbonyl (C=O) groups is 1. The smallest absolute Gasteiger partial charge is 0.251 e. The summed E-state index contributed by atoms with van der Waals surface area (Å²) in [7, 11) is 1.93. The average Bonchev–Trinajstić information content (AvgIpc) is 3.52. The number of nitrogens with one attached hydrogen (secondary N) is 1. The van der Waals surface area contributed by atoms with Crippen LogP contribution in [0, 0.1) is 0 Å². The van der Waals surface area contributed by atoms with Gasteiger partial charge in [-0.15, -0.1) is 11.3 Å². The van der Waals surface area contributed by atoms with Crippen LogP contribution in [-0.4, -0.2) is 20.7 Å². The fourth-order valence-corrected chi connectivity index (χ4v) is 6.09. The second kappa shape index (κ2) is 7.53. The number of aryl methyl sites for hydroxylation is 2. The van der Waals surface area contributed by atoms with Gasteiger partial charge in [0.05, 0.1) is 30.5 Å². The summed E-state index contributed by atoms with van der Waals surface area (Å²) in [4.78, 5) is 20.4. The molecule has 0 saturated heterocycles. The van der Waals surface area contributed by atoms with Gasteiger partial charge < -0.3 is 10.1 Å². The molecule has 1 aliphatic carbocycles. The molecule has 0 spiro atoms. The zero-order valence-corrected chi connectivity index (χ0v) is 18.9. The summed E-state index contributed by atoms with van der Waals surface area (Å²) < 4.78 is 7.61. The molecule has 1 aliphatic heterocycles. The predicted octanol–water partition coefficient (Wildman–Crippen LogP) is 5.10. The molecular weight excluding hydrogens is 420 g/mol. The van der Waals surface area contributed by atoms with Crippen molar-refractivity contribution in [1.82, 2.24) is 20.1 Å². The Balaban J connectivity index is 1.29.